The number of carbonyl (C=O) groups excluding carboxylic acids is 2. The highest BCUT2D eigenvalue weighted by Crippen LogP contribution is 2.13. The Labute approximate surface area is 115 Å². The minimum absolute atomic E-state index is 0.00847. The van der Waals surface area contributed by atoms with Crippen LogP contribution < -0.4 is 5.32 Å². The van der Waals surface area contributed by atoms with Crippen molar-refractivity contribution in [2.24, 2.45) is 7.05 Å². The molecule has 0 radical (unpaired) electrons. The summed E-state index contributed by atoms with van der Waals surface area (Å²) in [7, 11) is 1.80. The van der Waals surface area contributed by atoms with Gasteiger partial charge in [0.1, 0.15) is 5.57 Å². The summed E-state index contributed by atoms with van der Waals surface area (Å²) in [5, 5.41) is 2.56. The molecule has 98 valence electrons. The lowest BCUT2D eigenvalue weighted by Crippen LogP contribution is -2.53. The number of nitrogens with zero attached hydrogens (tertiary/aromatic N) is 3. The van der Waals surface area contributed by atoms with Crippen molar-refractivity contribution in [1.82, 2.24) is 19.8 Å². The zero-order valence-corrected chi connectivity index (χ0v) is 11.1. The molecule has 2 rings (SSSR count). The van der Waals surface area contributed by atoms with Crippen molar-refractivity contribution in [3.05, 3.63) is 36.4 Å². The second kappa shape index (κ2) is 5.15. The fourth-order valence-electron chi connectivity index (χ4n) is 1.64. The van der Waals surface area contributed by atoms with Crippen LogP contribution in [0.5, 0.6) is 0 Å². The normalized spacial score (nSPS) is 17.8. The van der Waals surface area contributed by atoms with Gasteiger partial charge in [0.15, 0.2) is 5.11 Å². The van der Waals surface area contributed by atoms with Gasteiger partial charge >= 0.3 is 0 Å². The molecule has 1 N–H and O–H groups in total. The molecule has 1 aromatic heterocycles. The van der Waals surface area contributed by atoms with Crippen molar-refractivity contribution >= 4 is 35.2 Å². The van der Waals surface area contributed by atoms with Crippen LogP contribution in [0, 0.1) is 0 Å². The molecule has 1 fully saturated rings. The van der Waals surface area contributed by atoms with E-state index in [1.165, 1.54) is 11.0 Å². The maximum atomic E-state index is 12.2. The van der Waals surface area contributed by atoms with E-state index < -0.39 is 11.8 Å². The van der Waals surface area contributed by atoms with Gasteiger partial charge < -0.3 is 4.57 Å². The number of thiocarbonyl (C=S) groups is 1. The average Bonchev–Trinajstić information content (AvgIpc) is 2.76. The number of rotatable bonds is 3. The summed E-state index contributed by atoms with van der Waals surface area (Å²) < 4.78 is 1.73. The smallest absolute Gasteiger partial charge is 0.266 e. The molecule has 0 atom stereocenters. The summed E-state index contributed by atoms with van der Waals surface area (Å²) in [6.07, 6.45) is 6.28. The number of hydrogen-bond donors (Lipinski definition) is 1. The number of amides is 2. The molecule has 2 heterocycles. The predicted octanol–water partition coefficient (Wildman–Crippen LogP) is 0.233. The third-order valence-electron chi connectivity index (χ3n) is 2.51. The molecular weight excluding hydrogens is 264 g/mol. The first-order valence-corrected chi connectivity index (χ1v) is 5.91. The Hall–Kier alpha value is -2.28. The highest BCUT2D eigenvalue weighted by Gasteiger charge is 2.32. The zero-order chi connectivity index (χ0) is 14.0. The maximum Gasteiger partial charge on any atom is 0.266 e. The number of nitrogens with one attached hydrogen (secondary N) is 1. The molecule has 1 aromatic rings. The van der Waals surface area contributed by atoms with Crippen LogP contribution in [0.2, 0.25) is 0 Å². The van der Waals surface area contributed by atoms with E-state index in [-0.39, 0.29) is 17.2 Å². The van der Waals surface area contributed by atoms with E-state index in [0.717, 1.165) is 0 Å². The lowest BCUT2D eigenvalue weighted by atomic mass is 10.1. The highest BCUT2D eigenvalue weighted by molar-refractivity contribution is 7.80. The van der Waals surface area contributed by atoms with Crippen LogP contribution in [0.3, 0.4) is 0 Å². The molecule has 0 bridgehead atoms. The molecule has 0 unspecified atom stereocenters. The Kier molecular flexibility index (Phi) is 3.57. The standard InChI is InChI=1S/C12H12N4O2S/c1-3-4-16-11(18)9(10(17)14-12(16)19)5-8-6-15(2)7-13-8/h3,5-7H,1,4H2,2H3,(H,14,17,19). The first-order chi connectivity index (χ1) is 9.02. The number of aromatic nitrogens is 2. The Morgan fingerprint density at radius 3 is 2.84 bits per heavy atom. The summed E-state index contributed by atoms with van der Waals surface area (Å²) in [6.45, 7) is 3.80. The fraction of sp³-hybridized carbons (Fsp3) is 0.167. The summed E-state index contributed by atoms with van der Waals surface area (Å²) in [6, 6.07) is 0. The first kappa shape index (κ1) is 13.2. The van der Waals surface area contributed by atoms with E-state index in [9.17, 15) is 9.59 Å². The average molecular weight is 276 g/mol. The van der Waals surface area contributed by atoms with Crippen molar-refractivity contribution in [1.29, 1.82) is 0 Å². The third kappa shape index (κ3) is 2.60. The van der Waals surface area contributed by atoms with Gasteiger partial charge in [-0.2, -0.15) is 0 Å². The van der Waals surface area contributed by atoms with Gasteiger partial charge in [-0.05, 0) is 18.3 Å². The lowest BCUT2D eigenvalue weighted by molar-refractivity contribution is -0.128. The van der Waals surface area contributed by atoms with E-state index in [1.54, 1.807) is 30.2 Å². The molecule has 7 heteroatoms. The van der Waals surface area contributed by atoms with E-state index in [1.807, 2.05) is 0 Å². The Balaban J connectivity index is 2.35. The summed E-state index contributed by atoms with van der Waals surface area (Å²) in [5.74, 6) is -0.958. The SMILES string of the molecule is C=CCN1C(=O)C(=Cc2cn(C)cn2)C(=O)NC1=S. The van der Waals surface area contributed by atoms with E-state index in [4.69, 9.17) is 12.2 Å². The third-order valence-corrected chi connectivity index (χ3v) is 2.84. The molecule has 0 spiro atoms. The van der Waals surface area contributed by atoms with Gasteiger partial charge in [-0.3, -0.25) is 19.8 Å². The molecule has 6 nitrogen and oxygen atoms in total. The molecule has 0 aromatic carbocycles. The summed E-state index contributed by atoms with van der Waals surface area (Å²) in [4.78, 5) is 29.3. The number of hydrogen-bond acceptors (Lipinski definition) is 4. The van der Waals surface area contributed by atoms with E-state index in [0.29, 0.717) is 5.69 Å². The quantitative estimate of drug-likeness (QED) is 0.371. The fourth-order valence-corrected chi connectivity index (χ4v) is 1.89. The van der Waals surface area contributed by atoms with Gasteiger partial charge in [-0.1, -0.05) is 6.08 Å². The van der Waals surface area contributed by atoms with Crippen molar-refractivity contribution in [2.45, 2.75) is 0 Å². The molecule has 0 aliphatic carbocycles. The van der Waals surface area contributed by atoms with Gasteiger partial charge in [0.2, 0.25) is 0 Å². The second-order valence-electron chi connectivity index (χ2n) is 3.99. The van der Waals surface area contributed by atoms with E-state index in [2.05, 4.69) is 16.9 Å². The van der Waals surface area contributed by atoms with Crippen LogP contribution in [0.4, 0.5) is 0 Å². The number of imidazole rings is 1. The van der Waals surface area contributed by atoms with Crippen LogP contribution in [0.1, 0.15) is 5.69 Å². The summed E-state index contributed by atoms with van der Waals surface area (Å²) in [5.41, 5.74) is 0.543. The van der Waals surface area contributed by atoms with Gasteiger partial charge in [0.25, 0.3) is 11.8 Å². The maximum absolute atomic E-state index is 12.2. The Bertz CT molecular complexity index is 603. The van der Waals surface area contributed by atoms with Crippen LogP contribution in [0.25, 0.3) is 6.08 Å². The van der Waals surface area contributed by atoms with Gasteiger partial charge in [-0.25, -0.2) is 4.98 Å². The predicted molar refractivity (Wildman–Crippen MR) is 73.8 cm³/mol. The van der Waals surface area contributed by atoms with Crippen molar-refractivity contribution in [3.8, 4) is 0 Å². The molecule has 1 aliphatic rings. The highest BCUT2D eigenvalue weighted by atomic mass is 32.1. The van der Waals surface area contributed by atoms with Gasteiger partial charge in [0.05, 0.1) is 12.0 Å². The second-order valence-corrected chi connectivity index (χ2v) is 4.37. The molecule has 19 heavy (non-hydrogen) atoms. The number of aryl methyl sites for hydroxylation is 1. The monoisotopic (exact) mass is 276 g/mol. The van der Waals surface area contributed by atoms with Crippen LogP contribution in [-0.2, 0) is 16.6 Å². The van der Waals surface area contributed by atoms with E-state index >= 15 is 0 Å². The molecule has 0 saturated carbocycles. The van der Waals surface area contributed by atoms with Crippen molar-refractivity contribution in [3.63, 3.8) is 0 Å². The van der Waals surface area contributed by atoms with Crippen LogP contribution >= 0.6 is 12.2 Å². The number of carbonyl (C=O) groups is 2. The Morgan fingerprint density at radius 2 is 2.26 bits per heavy atom. The summed E-state index contributed by atoms with van der Waals surface area (Å²) >= 11 is 4.95. The van der Waals surface area contributed by atoms with Crippen molar-refractivity contribution < 1.29 is 9.59 Å². The first-order valence-electron chi connectivity index (χ1n) is 5.50. The van der Waals surface area contributed by atoms with Gasteiger partial charge in [0, 0.05) is 19.8 Å². The zero-order valence-electron chi connectivity index (χ0n) is 10.3. The lowest BCUT2D eigenvalue weighted by Gasteiger charge is -2.27. The van der Waals surface area contributed by atoms with Crippen LogP contribution in [-0.4, -0.2) is 37.9 Å². The van der Waals surface area contributed by atoms with Crippen LogP contribution in [0.15, 0.2) is 30.8 Å². The molecule has 2 amide bonds. The Morgan fingerprint density at radius 1 is 1.53 bits per heavy atom. The minimum atomic E-state index is -0.513. The minimum Gasteiger partial charge on any atom is -0.340 e. The molecule has 1 aliphatic heterocycles. The largest absolute Gasteiger partial charge is 0.340 e. The van der Waals surface area contributed by atoms with Gasteiger partial charge in [-0.15, -0.1) is 6.58 Å². The molecule has 1 saturated heterocycles. The van der Waals surface area contributed by atoms with Crippen molar-refractivity contribution in [2.75, 3.05) is 6.54 Å². The molecular formula is C12H12N4O2S. The topological polar surface area (TPSA) is 67.2 Å².